The van der Waals surface area contributed by atoms with Gasteiger partial charge in [0.05, 0.1) is 37.6 Å². The average Bonchev–Trinajstić information content (AvgIpc) is 3.36. The van der Waals surface area contributed by atoms with Crippen LogP contribution in [0.3, 0.4) is 0 Å². The van der Waals surface area contributed by atoms with Crippen molar-refractivity contribution in [2.45, 2.75) is 255 Å². The van der Waals surface area contributed by atoms with Crippen molar-refractivity contribution in [3.63, 3.8) is 0 Å². The summed E-state index contributed by atoms with van der Waals surface area (Å²) < 4.78 is 49.4. The van der Waals surface area contributed by atoms with E-state index in [1.165, 1.54) is 19.4 Å². The zero-order chi connectivity index (χ0) is 54.9. The summed E-state index contributed by atoms with van der Waals surface area (Å²) in [6.07, 6.45) is -23.3. The van der Waals surface area contributed by atoms with Gasteiger partial charge in [-0.05, 0) is 116 Å². The highest BCUT2D eigenvalue weighted by atomic mass is 16.8. The van der Waals surface area contributed by atoms with Gasteiger partial charge in [-0.3, -0.25) is 0 Å². The Balaban J connectivity index is 1.03. The van der Waals surface area contributed by atoms with Gasteiger partial charge >= 0.3 is 0 Å². The average molecular weight is 1080 g/mol. The topological polar surface area (TPSA) is 337 Å². The molecular formula is C54H90O21. The molecule has 9 aliphatic rings. The van der Waals surface area contributed by atoms with E-state index in [-0.39, 0.29) is 46.0 Å². The monoisotopic (exact) mass is 1070 g/mol. The predicted octanol–water partition coefficient (Wildman–Crippen LogP) is -0.536. The number of hydrogen-bond donors (Lipinski definition) is 13. The van der Waals surface area contributed by atoms with Crippen molar-refractivity contribution < 1.29 is 104 Å². The third-order valence-corrected chi connectivity index (χ3v) is 21.4. The lowest BCUT2D eigenvalue weighted by molar-refractivity contribution is -0.387. The van der Waals surface area contributed by atoms with Crippen LogP contribution in [0.5, 0.6) is 0 Å². The van der Waals surface area contributed by atoms with Gasteiger partial charge in [-0.2, -0.15) is 0 Å². The van der Waals surface area contributed by atoms with Crippen LogP contribution in [0, 0.1) is 50.2 Å². The molecule has 21 heteroatoms. The lowest BCUT2D eigenvalue weighted by Crippen LogP contribution is -2.70. The standard InChI is InChI=1S/C54H90O21/c1-23-32(58)34(60)38(64)45(68-23)73-42-28(20-55)71-47(40(66)36(42)62)70-27-19-51(7)30(12-13-53(9)31(51)11-10-25-26-18-49(3,4)14-16-54(26,22-57)17-15-52(25,53)8)50(5,6)44(27)75-48-41(67)37(63)43(29(21-56)72-48)74-46-39(65)35(61)33(59)24(2)69-46/h10,23-24,26-48,55-67H,11-22H2,1-9H3/t23-,24+,26-,27-,28+,29-,30-,31-,32-,33-,34+,35+,36+,37-,38-,39-,40+,41+,42+,43+,44-,45+,46+,47-,48+,51-,52+,53+,54+/m0/s1. The largest absolute Gasteiger partial charge is 0.396 e. The summed E-state index contributed by atoms with van der Waals surface area (Å²) in [6, 6.07) is 0. The number of ether oxygens (including phenoxy) is 8. The maximum Gasteiger partial charge on any atom is 0.187 e. The molecule has 0 amide bonds. The highest BCUT2D eigenvalue weighted by molar-refractivity contribution is 5.34. The van der Waals surface area contributed by atoms with E-state index >= 15 is 0 Å². The first-order valence-corrected chi connectivity index (χ1v) is 27.6. The molecule has 21 nitrogen and oxygen atoms in total. The maximum atomic E-state index is 11.9. The van der Waals surface area contributed by atoms with Gasteiger partial charge in [0.2, 0.25) is 0 Å². The van der Waals surface area contributed by atoms with E-state index in [1.807, 2.05) is 13.8 Å². The van der Waals surface area contributed by atoms with E-state index in [4.69, 9.17) is 37.9 Å². The van der Waals surface area contributed by atoms with E-state index in [9.17, 15) is 66.4 Å². The highest BCUT2D eigenvalue weighted by Crippen LogP contribution is 2.76. The SMILES string of the molecule is C[C@@H]1O[C@H](O[C@H]2[C@H](O)[C@@H](O)[C@@H](O[C@H]3C[C@@]4(C)[C@@H](CC[C@]5(C)[C@H]4CC=C4[C@@H]6CC(C)(C)CC[C@]6(CO)CC[C@]45C)C(C)(C)[C@H]3O[C@H]3O[C@@H](CO)[C@@H](O[C@H]4O[C@H](C)[C@H](O)[C@@H](O)[C@@H]4O)[C@@H](O)[C@H]3O)O[C@@H]2CO)[C@@H](O)[C@H](O)[C@H]1O. The lowest BCUT2D eigenvalue weighted by atomic mass is 9.33. The van der Waals surface area contributed by atoms with Crippen LogP contribution in [0.2, 0.25) is 0 Å². The van der Waals surface area contributed by atoms with Crippen molar-refractivity contribution in [2.24, 2.45) is 50.2 Å². The molecule has 8 fully saturated rings. The third kappa shape index (κ3) is 9.55. The summed E-state index contributed by atoms with van der Waals surface area (Å²) in [4.78, 5) is 0. The maximum absolute atomic E-state index is 11.9. The zero-order valence-corrected chi connectivity index (χ0v) is 45.1. The molecule has 4 saturated heterocycles. The van der Waals surface area contributed by atoms with Crippen molar-refractivity contribution in [3.8, 4) is 0 Å². The molecule has 0 radical (unpaired) electrons. The summed E-state index contributed by atoms with van der Waals surface area (Å²) in [5.74, 6) is 0.267. The lowest BCUT2D eigenvalue weighted by Gasteiger charge is -2.72. The van der Waals surface area contributed by atoms with Crippen LogP contribution in [0.25, 0.3) is 0 Å². The summed E-state index contributed by atoms with van der Waals surface area (Å²) in [7, 11) is 0. The number of fused-ring (bicyclic) bond motifs is 7. The predicted molar refractivity (Wildman–Crippen MR) is 261 cm³/mol. The number of rotatable bonds is 11. The molecule has 29 atom stereocenters. The Morgan fingerprint density at radius 1 is 0.520 bits per heavy atom. The molecule has 13 N–H and O–H groups in total. The summed E-state index contributed by atoms with van der Waals surface area (Å²) in [5.41, 5.74) is -0.345. The minimum Gasteiger partial charge on any atom is -0.396 e. The zero-order valence-electron chi connectivity index (χ0n) is 45.1. The van der Waals surface area contributed by atoms with Crippen molar-refractivity contribution in [1.82, 2.24) is 0 Å². The Hall–Kier alpha value is -1.10. The van der Waals surface area contributed by atoms with Crippen molar-refractivity contribution in [3.05, 3.63) is 11.6 Å². The Morgan fingerprint density at radius 3 is 1.51 bits per heavy atom. The van der Waals surface area contributed by atoms with Gasteiger partial charge in [-0.15, -0.1) is 0 Å². The fourth-order valence-electron chi connectivity index (χ4n) is 16.7. The Bertz CT molecular complexity index is 2030. The first-order valence-electron chi connectivity index (χ1n) is 27.6. The molecular weight excluding hydrogens is 985 g/mol. The van der Waals surface area contributed by atoms with Crippen LogP contribution in [-0.4, -0.2) is 221 Å². The molecule has 4 heterocycles. The van der Waals surface area contributed by atoms with Crippen molar-refractivity contribution in [2.75, 3.05) is 19.8 Å². The first-order chi connectivity index (χ1) is 35.0. The van der Waals surface area contributed by atoms with Crippen LogP contribution in [-0.2, 0) is 37.9 Å². The van der Waals surface area contributed by atoms with Crippen molar-refractivity contribution in [1.29, 1.82) is 0 Å². The van der Waals surface area contributed by atoms with Crippen LogP contribution in [0.4, 0.5) is 0 Å². The minimum absolute atomic E-state index is 0.0618. The molecule has 0 spiro atoms. The van der Waals surface area contributed by atoms with Gasteiger partial charge in [0.15, 0.2) is 25.2 Å². The number of hydrogen-bond acceptors (Lipinski definition) is 21. The molecule has 75 heavy (non-hydrogen) atoms. The molecule has 4 aliphatic heterocycles. The van der Waals surface area contributed by atoms with Crippen LogP contribution in [0.1, 0.15) is 120 Å². The van der Waals surface area contributed by atoms with Gasteiger partial charge in [0.1, 0.15) is 85.5 Å². The van der Waals surface area contributed by atoms with E-state index in [2.05, 4.69) is 40.7 Å². The quantitative estimate of drug-likeness (QED) is 0.0913. The number of allylic oxidation sites excluding steroid dienone is 2. The fraction of sp³-hybridized carbons (Fsp3) is 0.963. The number of aliphatic hydroxyl groups is 13. The van der Waals surface area contributed by atoms with E-state index < -0.39 is 159 Å². The summed E-state index contributed by atoms with van der Waals surface area (Å²) >= 11 is 0. The Labute approximate surface area is 440 Å². The van der Waals surface area contributed by atoms with E-state index in [0.717, 1.165) is 51.4 Å². The van der Waals surface area contributed by atoms with Crippen molar-refractivity contribution >= 4 is 0 Å². The van der Waals surface area contributed by atoms with Crippen LogP contribution in [0.15, 0.2) is 11.6 Å². The van der Waals surface area contributed by atoms with E-state index in [1.54, 1.807) is 0 Å². The molecule has 0 aromatic rings. The fourth-order valence-corrected chi connectivity index (χ4v) is 16.7. The number of aliphatic hydroxyl groups excluding tert-OH is 13. The smallest absolute Gasteiger partial charge is 0.187 e. The van der Waals surface area contributed by atoms with Gasteiger partial charge in [-0.25, -0.2) is 0 Å². The third-order valence-electron chi connectivity index (χ3n) is 21.4. The van der Waals surface area contributed by atoms with Gasteiger partial charge in [0.25, 0.3) is 0 Å². The molecule has 432 valence electrons. The first kappa shape index (κ1) is 58.6. The summed E-state index contributed by atoms with van der Waals surface area (Å²) in [6.45, 7) is 17.5. The molecule has 0 unspecified atom stereocenters. The molecule has 0 aromatic carbocycles. The molecule has 9 rings (SSSR count). The van der Waals surface area contributed by atoms with Crippen LogP contribution >= 0.6 is 0 Å². The van der Waals surface area contributed by atoms with Crippen LogP contribution < -0.4 is 0 Å². The second kappa shape index (κ2) is 21.0. The second-order valence-electron chi connectivity index (χ2n) is 26.5. The molecule has 0 bridgehead atoms. The molecule has 4 saturated carbocycles. The van der Waals surface area contributed by atoms with E-state index in [0.29, 0.717) is 6.42 Å². The van der Waals surface area contributed by atoms with Gasteiger partial charge < -0.3 is 104 Å². The molecule has 5 aliphatic carbocycles. The Morgan fingerprint density at radius 2 is 1.00 bits per heavy atom. The highest BCUT2D eigenvalue weighted by Gasteiger charge is 2.71. The molecule has 0 aromatic heterocycles. The minimum atomic E-state index is -1.85. The van der Waals surface area contributed by atoms with Gasteiger partial charge in [-0.1, -0.05) is 60.1 Å². The van der Waals surface area contributed by atoms with Gasteiger partial charge in [0, 0.05) is 12.0 Å². The second-order valence-corrected chi connectivity index (χ2v) is 26.5. The summed E-state index contributed by atoms with van der Waals surface area (Å²) in [5, 5.41) is 143. The Kier molecular flexibility index (Phi) is 16.4. The normalized spacial score (nSPS) is 55.7.